The van der Waals surface area contributed by atoms with E-state index in [2.05, 4.69) is 11.7 Å². The van der Waals surface area contributed by atoms with Gasteiger partial charge in [-0.1, -0.05) is 6.42 Å². The van der Waals surface area contributed by atoms with E-state index in [1.807, 2.05) is 11.8 Å². The first-order valence-corrected chi connectivity index (χ1v) is 5.06. The van der Waals surface area contributed by atoms with Crippen molar-refractivity contribution in [1.29, 1.82) is 0 Å². The summed E-state index contributed by atoms with van der Waals surface area (Å²) in [5.74, 6) is 1.28. The second-order valence-electron chi connectivity index (χ2n) is 2.15. The highest BCUT2D eigenvalue weighted by molar-refractivity contribution is 7.98. The molecule has 0 saturated heterocycles. The van der Waals surface area contributed by atoms with Crippen molar-refractivity contribution >= 4 is 11.8 Å². The third-order valence-electron chi connectivity index (χ3n) is 1.27. The largest absolute Gasteiger partial charge is 0.305 e. The van der Waals surface area contributed by atoms with Crippen molar-refractivity contribution in [1.82, 2.24) is 5.48 Å². The summed E-state index contributed by atoms with van der Waals surface area (Å²) in [7, 11) is 1.65. The van der Waals surface area contributed by atoms with Crippen molar-refractivity contribution in [3.05, 3.63) is 0 Å². The number of unbranched alkanes of at least 4 members (excludes halogenated alkanes) is 2. The Labute approximate surface area is 67.7 Å². The number of rotatable bonds is 7. The molecule has 1 N–H and O–H groups in total. The highest BCUT2D eigenvalue weighted by Gasteiger charge is 1.87. The fourth-order valence-corrected chi connectivity index (χ4v) is 1.22. The number of hydroxylamine groups is 1. The van der Waals surface area contributed by atoms with E-state index in [0.29, 0.717) is 0 Å². The van der Waals surface area contributed by atoms with Crippen molar-refractivity contribution in [3.8, 4) is 0 Å². The summed E-state index contributed by atoms with van der Waals surface area (Å²) in [5.41, 5.74) is 2.82. The SMILES string of the molecule is CONCCCCCSC. The van der Waals surface area contributed by atoms with Crippen LogP contribution >= 0.6 is 11.8 Å². The van der Waals surface area contributed by atoms with Gasteiger partial charge in [-0.2, -0.15) is 11.8 Å². The molecule has 0 saturated carbocycles. The normalized spacial score (nSPS) is 10.2. The minimum Gasteiger partial charge on any atom is -0.305 e. The van der Waals surface area contributed by atoms with Crippen LogP contribution < -0.4 is 5.48 Å². The molecule has 0 aliphatic carbocycles. The zero-order valence-corrected chi connectivity index (χ0v) is 7.67. The lowest BCUT2D eigenvalue weighted by Crippen LogP contribution is -2.12. The fourth-order valence-electron chi connectivity index (χ4n) is 0.722. The maximum absolute atomic E-state index is 4.69. The minimum absolute atomic E-state index is 0.977. The molecule has 0 radical (unpaired) electrons. The topological polar surface area (TPSA) is 21.3 Å². The van der Waals surface area contributed by atoms with Crippen LogP contribution in [0.4, 0.5) is 0 Å². The Morgan fingerprint density at radius 3 is 2.70 bits per heavy atom. The predicted molar refractivity (Wildman–Crippen MR) is 47.2 cm³/mol. The molecule has 0 spiro atoms. The second-order valence-corrected chi connectivity index (χ2v) is 3.14. The van der Waals surface area contributed by atoms with Gasteiger partial charge in [-0.15, -0.1) is 0 Å². The number of nitrogens with one attached hydrogen (secondary N) is 1. The molecular formula is C7H17NOS. The van der Waals surface area contributed by atoms with Gasteiger partial charge >= 0.3 is 0 Å². The van der Waals surface area contributed by atoms with E-state index >= 15 is 0 Å². The van der Waals surface area contributed by atoms with E-state index in [9.17, 15) is 0 Å². The van der Waals surface area contributed by atoms with Crippen LogP contribution in [0.15, 0.2) is 0 Å². The summed E-state index contributed by atoms with van der Waals surface area (Å²) >= 11 is 1.91. The maximum atomic E-state index is 4.69. The molecule has 0 fully saturated rings. The Bertz CT molecular complexity index is 53.6. The molecule has 0 aromatic rings. The van der Waals surface area contributed by atoms with E-state index < -0.39 is 0 Å². The van der Waals surface area contributed by atoms with Gasteiger partial charge in [0.2, 0.25) is 0 Å². The molecule has 0 aromatic heterocycles. The van der Waals surface area contributed by atoms with Gasteiger partial charge in [0.25, 0.3) is 0 Å². The fraction of sp³-hybridized carbons (Fsp3) is 1.00. The smallest absolute Gasteiger partial charge is 0.0572 e. The Kier molecular flexibility index (Phi) is 9.52. The van der Waals surface area contributed by atoms with Crippen LogP contribution in [0, 0.1) is 0 Å². The molecule has 2 nitrogen and oxygen atoms in total. The lowest BCUT2D eigenvalue weighted by atomic mass is 10.2. The Hall–Kier alpha value is 0.270. The van der Waals surface area contributed by atoms with Crippen LogP contribution in [0.5, 0.6) is 0 Å². The highest BCUT2D eigenvalue weighted by atomic mass is 32.2. The van der Waals surface area contributed by atoms with Gasteiger partial charge in [0.05, 0.1) is 7.11 Å². The molecule has 0 rings (SSSR count). The molecule has 3 heteroatoms. The Morgan fingerprint density at radius 1 is 1.30 bits per heavy atom. The van der Waals surface area contributed by atoms with Crippen molar-refractivity contribution in [3.63, 3.8) is 0 Å². The average Bonchev–Trinajstić information content (AvgIpc) is 1.97. The molecule has 0 aromatic carbocycles. The van der Waals surface area contributed by atoms with Gasteiger partial charge in [-0.05, 0) is 24.9 Å². The van der Waals surface area contributed by atoms with Gasteiger partial charge in [0, 0.05) is 6.54 Å². The summed E-state index contributed by atoms with van der Waals surface area (Å²) in [6, 6.07) is 0. The molecule has 0 aliphatic rings. The summed E-state index contributed by atoms with van der Waals surface area (Å²) in [4.78, 5) is 4.69. The van der Waals surface area contributed by atoms with Crippen LogP contribution in [-0.4, -0.2) is 25.7 Å². The average molecular weight is 163 g/mol. The lowest BCUT2D eigenvalue weighted by Gasteiger charge is -2.00. The predicted octanol–water partition coefficient (Wildman–Crippen LogP) is 1.67. The zero-order chi connectivity index (χ0) is 7.66. The summed E-state index contributed by atoms with van der Waals surface area (Å²) in [6.45, 7) is 0.977. The molecule has 0 atom stereocenters. The molecule has 0 bridgehead atoms. The van der Waals surface area contributed by atoms with Gasteiger partial charge in [0.15, 0.2) is 0 Å². The number of thioether (sulfide) groups is 1. The van der Waals surface area contributed by atoms with Crippen molar-refractivity contribution < 1.29 is 4.84 Å². The minimum atomic E-state index is 0.977. The summed E-state index contributed by atoms with van der Waals surface area (Å²) < 4.78 is 0. The Morgan fingerprint density at radius 2 is 2.10 bits per heavy atom. The molecular weight excluding hydrogens is 146 g/mol. The molecule has 0 heterocycles. The first kappa shape index (κ1) is 10.3. The van der Waals surface area contributed by atoms with Crippen molar-refractivity contribution in [2.45, 2.75) is 19.3 Å². The number of hydrogen-bond acceptors (Lipinski definition) is 3. The monoisotopic (exact) mass is 163 g/mol. The number of hydrogen-bond donors (Lipinski definition) is 1. The van der Waals surface area contributed by atoms with Crippen LogP contribution in [-0.2, 0) is 4.84 Å². The van der Waals surface area contributed by atoms with E-state index in [0.717, 1.165) is 6.54 Å². The van der Waals surface area contributed by atoms with Gasteiger partial charge < -0.3 is 4.84 Å². The van der Waals surface area contributed by atoms with Crippen molar-refractivity contribution in [2.75, 3.05) is 25.7 Å². The lowest BCUT2D eigenvalue weighted by molar-refractivity contribution is 0.0906. The molecule has 0 aliphatic heterocycles. The molecule has 10 heavy (non-hydrogen) atoms. The summed E-state index contributed by atoms with van der Waals surface area (Å²) in [5, 5.41) is 0. The third kappa shape index (κ3) is 8.27. The van der Waals surface area contributed by atoms with Crippen molar-refractivity contribution in [2.24, 2.45) is 0 Å². The van der Waals surface area contributed by atoms with Gasteiger partial charge in [-0.3, -0.25) is 0 Å². The molecule has 62 valence electrons. The maximum Gasteiger partial charge on any atom is 0.0572 e. The first-order valence-electron chi connectivity index (χ1n) is 3.66. The van der Waals surface area contributed by atoms with E-state index in [1.54, 1.807) is 7.11 Å². The first-order chi connectivity index (χ1) is 4.91. The standard InChI is InChI=1S/C7H17NOS/c1-9-8-6-4-3-5-7-10-2/h8H,3-7H2,1-2H3. The van der Waals surface area contributed by atoms with E-state index in [-0.39, 0.29) is 0 Å². The quantitative estimate of drug-likeness (QED) is 0.455. The molecule has 0 amide bonds. The van der Waals surface area contributed by atoms with Crippen LogP contribution in [0.1, 0.15) is 19.3 Å². The molecule has 0 unspecified atom stereocenters. The van der Waals surface area contributed by atoms with Crippen LogP contribution in [0.25, 0.3) is 0 Å². The van der Waals surface area contributed by atoms with Crippen LogP contribution in [0.2, 0.25) is 0 Å². The second kappa shape index (κ2) is 9.27. The highest BCUT2D eigenvalue weighted by Crippen LogP contribution is 2.00. The van der Waals surface area contributed by atoms with Gasteiger partial charge in [0.1, 0.15) is 0 Å². The summed E-state index contributed by atoms with van der Waals surface area (Å²) in [6.07, 6.45) is 5.99. The van der Waals surface area contributed by atoms with E-state index in [4.69, 9.17) is 4.84 Å². The van der Waals surface area contributed by atoms with E-state index in [1.165, 1.54) is 25.0 Å². The Balaban J connectivity index is 2.65. The third-order valence-corrected chi connectivity index (χ3v) is 1.97. The zero-order valence-electron chi connectivity index (χ0n) is 6.85. The van der Waals surface area contributed by atoms with Crippen LogP contribution in [0.3, 0.4) is 0 Å². The van der Waals surface area contributed by atoms with Gasteiger partial charge in [-0.25, -0.2) is 5.48 Å².